The topological polar surface area (TPSA) is 46.1 Å². The van der Waals surface area contributed by atoms with Crippen molar-refractivity contribution in [3.05, 3.63) is 53.4 Å². The Morgan fingerprint density at radius 1 is 1.28 bits per heavy atom. The lowest BCUT2D eigenvalue weighted by atomic mass is 10.2. The Hall–Kier alpha value is -1.99. The van der Waals surface area contributed by atoms with Gasteiger partial charge in [0.15, 0.2) is 0 Å². The molecule has 1 aliphatic carbocycles. The number of thioether (sulfide) groups is 1. The number of fused-ring (bicyclic) bond motifs is 1. The Balaban J connectivity index is 1.46. The number of carbonyl (C=O) groups excluding carboxylic acids is 1. The monoisotopic (exact) mass is 373 g/mol. The van der Waals surface area contributed by atoms with E-state index in [0.717, 1.165) is 28.1 Å². The van der Waals surface area contributed by atoms with Crippen molar-refractivity contribution in [1.82, 2.24) is 14.9 Å². The summed E-state index contributed by atoms with van der Waals surface area (Å²) in [6.07, 6.45) is 3.52. The predicted octanol–water partition coefficient (Wildman–Crippen LogP) is 4.11. The highest BCUT2D eigenvalue weighted by atomic mass is 32.2. The SMILES string of the molecule is O=C(CSc1ncnc2sccc12)N(Cc1ccccc1F)C1CC1. The van der Waals surface area contributed by atoms with Crippen LogP contribution in [0.2, 0.25) is 0 Å². The van der Waals surface area contributed by atoms with Crippen molar-refractivity contribution < 1.29 is 9.18 Å². The fraction of sp³-hybridized carbons (Fsp3) is 0.278. The molecule has 7 heteroatoms. The second kappa shape index (κ2) is 7.09. The maximum Gasteiger partial charge on any atom is 0.233 e. The quantitative estimate of drug-likeness (QED) is 0.482. The van der Waals surface area contributed by atoms with Gasteiger partial charge in [0.25, 0.3) is 0 Å². The van der Waals surface area contributed by atoms with Crippen LogP contribution in [0, 0.1) is 5.82 Å². The van der Waals surface area contributed by atoms with Gasteiger partial charge in [-0.2, -0.15) is 0 Å². The smallest absolute Gasteiger partial charge is 0.233 e. The number of rotatable bonds is 6. The molecular weight excluding hydrogens is 357 g/mol. The molecule has 4 nitrogen and oxygen atoms in total. The zero-order valence-corrected chi connectivity index (χ0v) is 15.0. The third kappa shape index (κ3) is 3.67. The van der Waals surface area contributed by atoms with Gasteiger partial charge in [0.05, 0.1) is 5.75 Å². The van der Waals surface area contributed by atoms with Crippen LogP contribution in [0.1, 0.15) is 18.4 Å². The average Bonchev–Trinajstić information content (AvgIpc) is 3.34. The van der Waals surface area contributed by atoms with E-state index in [0.29, 0.717) is 17.9 Å². The summed E-state index contributed by atoms with van der Waals surface area (Å²) in [7, 11) is 0. The van der Waals surface area contributed by atoms with Crippen molar-refractivity contribution in [3.8, 4) is 0 Å². The zero-order valence-electron chi connectivity index (χ0n) is 13.4. The fourth-order valence-corrected chi connectivity index (χ4v) is 4.38. The molecule has 0 radical (unpaired) electrons. The van der Waals surface area contributed by atoms with Crippen LogP contribution in [0.25, 0.3) is 10.2 Å². The van der Waals surface area contributed by atoms with Crippen LogP contribution in [0.4, 0.5) is 4.39 Å². The van der Waals surface area contributed by atoms with E-state index in [9.17, 15) is 9.18 Å². The number of hydrogen-bond donors (Lipinski definition) is 0. The van der Waals surface area contributed by atoms with Crippen molar-refractivity contribution >= 4 is 39.2 Å². The van der Waals surface area contributed by atoms with Gasteiger partial charge in [-0.1, -0.05) is 30.0 Å². The predicted molar refractivity (Wildman–Crippen MR) is 98.1 cm³/mol. The van der Waals surface area contributed by atoms with Crippen LogP contribution < -0.4 is 0 Å². The minimum Gasteiger partial charge on any atom is -0.335 e. The first kappa shape index (κ1) is 16.5. The van der Waals surface area contributed by atoms with Crippen molar-refractivity contribution in [2.75, 3.05) is 5.75 Å². The molecule has 25 heavy (non-hydrogen) atoms. The van der Waals surface area contributed by atoms with E-state index in [4.69, 9.17) is 0 Å². The number of carbonyl (C=O) groups is 1. The molecule has 0 saturated heterocycles. The van der Waals surface area contributed by atoms with Crippen molar-refractivity contribution in [2.24, 2.45) is 0 Å². The van der Waals surface area contributed by atoms with Crippen LogP contribution >= 0.6 is 23.1 Å². The second-order valence-electron chi connectivity index (χ2n) is 5.95. The lowest BCUT2D eigenvalue weighted by Gasteiger charge is -2.22. The number of thiophene rings is 1. The molecule has 128 valence electrons. The Labute approximate surface area is 153 Å². The van der Waals surface area contributed by atoms with Gasteiger partial charge in [-0.15, -0.1) is 11.3 Å². The fourth-order valence-electron chi connectivity index (χ4n) is 2.71. The molecule has 2 heterocycles. The molecular formula is C18H16FN3OS2. The highest BCUT2D eigenvalue weighted by Crippen LogP contribution is 2.31. The molecule has 0 unspecified atom stereocenters. The van der Waals surface area contributed by atoms with Crippen LogP contribution in [-0.2, 0) is 11.3 Å². The summed E-state index contributed by atoms with van der Waals surface area (Å²) in [4.78, 5) is 24.0. The first-order valence-corrected chi connectivity index (χ1v) is 9.93. The minimum absolute atomic E-state index is 0.0257. The number of benzene rings is 1. The first-order valence-electron chi connectivity index (χ1n) is 8.06. The second-order valence-corrected chi connectivity index (χ2v) is 7.81. The summed E-state index contributed by atoms with van der Waals surface area (Å²) in [6, 6.07) is 8.86. The van der Waals surface area contributed by atoms with Gasteiger partial charge in [-0.25, -0.2) is 14.4 Å². The highest BCUT2D eigenvalue weighted by Gasteiger charge is 2.33. The third-order valence-corrected chi connectivity index (χ3v) is 5.97. The summed E-state index contributed by atoms with van der Waals surface area (Å²) in [5, 5.41) is 3.78. The van der Waals surface area contributed by atoms with Gasteiger partial charge in [-0.05, 0) is 30.4 Å². The van der Waals surface area contributed by atoms with Gasteiger partial charge in [0, 0.05) is 23.5 Å². The Morgan fingerprint density at radius 3 is 2.92 bits per heavy atom. The van der Waals surface area contributed by atoms with E-state index in [1.54, 1.807) is 34.4 Å². The van der Waals surface area contributed by atoms with Crippen molar-refractivity contribution in [1.29, 1.82) is 0 Å². The summed E-state index contributed by atoms with van der Waals surface area (Å²) < 4.78 is 13.9. The Bertz CT molecular complexity index is 910. The lowest BCUT2D eigenvalue weighted by Crippen LogP contribution is -2.34. The molecule has 0 aliphatic heterocycles. The van der Waals surface area contributed by atoms with E-state index >= 15 is 0 Å². The number of hydrogen-bond acceptors (Lipinski definition) is 5. The van der Waals surface area contributed by atoms with E-state index in [1.165, 1.54) is 24.2 Å². The van der Waals surface area contributed by atoms with Crippen molar-refractivity contribution in [3.63, 3.8) is 0 Å². The van der Waals surface area contributed by atoms with Crippen LogP contribution in [-0.4, -0.2) is 32.6 Å². The maximum atomic E-state index is 13.9. The molecule has 0 atom stereocenters. The van der Waals surface area contributed by atoms with E-state index in [-0.39, 0.29) is 17.8 Å². The van der Waals surface area contributed by atoms with Gasteiger partial charge >= 0.3 is 0 Å². The van der Waals surface area contributed by atoms with Crippen molar-refractivity contribution in [2.45, 2.75) is 30.5 Å². The molecule has 0 bridgehead atoms. The number of aromatic nitrogens is 2. The van der Waals surface area contributed by atoms with E-state index in [2.05, 4.69) is 9.97 Å². The number of halogens is 1. The molecule has 1 aliphatic rings. The largest absolute Gasteiger partial charge is 0.335 e. The number of amides is 1. The van der Waals surface area contributed by atoms with Crippen LogP contribution in [0.5, 0.6) is 0 Å². The van der Waals surface area contributed by atoms with Gasteiger partial charge in [0.1, 0.15) is 22.0 Å². The van der Waals surface area contributed by atoms with Gasteiger partial charge in [0.2, 0.25) is 5.91 Å². The Morgan fingerprint density at radius 2 is 2.12 bits per heavy atom. The molecule has 4 rings (SSSR count). The minimum atomic E-state index is -0.260. The molecule has 1 fully saturated rings. The summed E-state index contributed by atoms with van der Waals surface area (Å²) in [5.41, 5.74) is 0.565. The summed E-state index contributed by atoms with van der Waals surface area (Å²) >= 11 is 2.98. The van der Waals surface area contributed by atoms with Crippen LogP contribution in [0.15, 0.2) is 47.1 Å². The summed E-state index contributed by atoms with van der Waals surface area (Å²) in [5.74, 6) is 0.0644. The van der Waals surface area contributed by atoms with Gasteiger partial charge < -0.3 is 4.90 Å². The third-order valence-electron chi connectivity index (χ3n) is 4.16. The van der Waals surface area contributed by atoms with Crippen LogP contribution in [0.3, 0.4) is 0 Å². The molecule has 1 saturated carbocycles. The molecule has 3 aromatic rings. The standard InChI is InChI=1S/C18H16FN3OS2/c19-15-4-2-1-3-12(15)9-22(13-5-6-13)16(23)10-25-18-14-7-8-24-17(14)20-11-21-18/h1-4,7-8,11,13H,5-6,9-10H2. The average molecular weight is 373 g/mol. The molecule has 0 spiro atoms. The zero-order chi connectivity index (χ0) is 17.2. The lowest BCUT2D eigenvalue weighted by molar-refractivity contribution is -0.129. The normalized spacial score (nSPS) is 14.0. The molecule has 1 aromatic carbocycles. The number of nitrogens with zero attached hydrogens (tertiary/aromatic N) is 3. The molecule has 1 amide bonds. The summed E-state index contributed by atoms with van der Waals surface area (Å²) in [6.45, 7) is 0.328. The highest BCUT2D eigenvalue weighted by molar-refractivity contribution is 8.00. The molecule has 2 aromatic heterocycles. The maximum absolute atomic E-state index is 13.9. The van der Waals surface area contributed by atoms with E-state index < -0.39 is 0 Å². The first-order chi connectivity index (χ1) is 12.2. The molecule has 0 N–H and O–H groups in total. The Kier molecular flexibility index (Phi) is 4.67. The van der Waals surface area contributed by atoms with Gasteiger partial charge in [-0.3, -0.25) is 4.79 Å². The van der Waals surface area contributed by atoms with E-state index in [1.807, 2.05) is 11.4 Å².